The fraction of sp³-hybridized carbons (Fsp3) is 0.611. The molecule has 2 aliphatic rings. The summed E-state index contributed by atoms with van der Waals surface area (Å²) < 4.78 is 11.2. The van der Waals surface area contributed by atoms with Crippen LogP contribution in [-0.4, -0.2) is 31.3 Å². The number of aryl methyl sites for hydroxylation is 1. The summed E-state index contributed by atoms with van der Waals surface area (Å²) in [5.41, 5.74) is 2.61. The number of carbonyl (C=O) groups excluding carboxylic acids is 1. The van der Waals surface area contributed by atoms with Gasteiger partial charge < -0.3 is 14.8 Å². The van der Waals surface area contributed by atoms with Crippen LogP contribution in [0.4, 0.5) is 0 Å². The second-order valence-electron chi connectivity index (χ2n) is 6.26. The number of ether oxygens (including phenoxy) is 2. The lowest BCUT2D eigenvalue weighted by Gasteiger charge is -2.27. The van der Waals surface area contributed by atoms with Gasteiger partial charge in [-0.15, -0.1) is 0 Å². The number of fused-ring (bicyclic) bond motifs is 1. The molecule has 1 aromatic rings. The van der Waals surface area contributed by atoms with Crippen LogP contribution in [0.25, 0.3) is 0 Å². The fourth-order valence-corrected chi connectivity index (χ4v) is 3.30. The third-order valence-corrected chi connectivity index (χ3v) is 4.61. The molecule has 1 aliphatic heterocycles. The van der Waals surface area contributed by atoms with Crippen LogP contribution in [0.3, 0.4) is 0 Å². The maximum Gasteiger partial charge on any atom is 0.249 e. The Bertz CT molecular complexity index is 511. The molecule has 3 atom stereocenters. The number of hydrogen-bond donors (Lipinski definition) is 1. The first-order chi connectivity index (χ1) is 10.7. The van der Waals surface area contributed by atoms with Crippen molar-refractivity contribution < 1.29 is 14.3 Å². The minimum absolute atomic E-state index is 0.0281. The van der Waals surface area contributed by atoms with Crippen molar-refractivity contribution in [3.05, 3.63) is 35.4 Å². The third-order valence-electron chi connectivity index (χ3n) is 4.61. The molecule has 1 fully saturated rings. The van der Waals surface area contributed by atoms with Crippen molar-refractivity contribution in [3.8, 4) is 0 Å². The average Bonchev–Trinajstić information content (AvgIpc) is 3.06. The van der Waals surface area contributed by atoms with Gasteiger partial charge in [0.1, 0.15) is 6.10 Å². The van der Waals surface area contributed by atoms with Crippen LogP contribution in [-0.2, 0) is 20.7 Å². The van der Waals surface area contributed by atoms with Gasteiger partial charge in [-0.1, -0.05) is 24.3 Å². The summed E-state index contributed by atoms with van der Waals surface area (Å²) in [4.78, 5) is 12.3. The van der Waals surface area contributed by atoms with E-state index in [0.29, 0.717) is 6.61 Å². The third kappa shape index (κ3) is 3.68. The molecular formula is C18H25NO3. The molecule has 1 aliphatic carbocycles. The second-order valence-corrected chi connectivity index (χ2v) is 6.26. The molecule has 0 spiro atoms. The molecule has 0 aromatic heterocycles. The fourth-order valence-electron chi connectivity index (χ4n) is 3.30. The first-order valence-electron chi connectivity index (χ1n) is 8.35. The Hall–Kier alpha value is -1.39. The summed E-state index contributed by atoms with van der Waals surface area (Å²) in [7, 11) is 0. The average molecular weight is 303 g/mol. The van der Waals surface area contributed by atoms with E-state index < -0.39 is 6.10 Å². The van der Waals surface area contributed by atoms with Gasteiger partial charge in [-0.2, -0.15) is 0 Å². The van der Waals surface area contributed by atoms with E-state index in [1.54, 1.807) is 0 Å². The van der Waals surface area contributed by atoms with E-state index in [1.165, 1.54) is 11.1 Å². The summed E-state index contributed by atoms with van der Waals surface area (Å²) in [5, 5.41) is 3.15. The van der Waals surface area contributed by atoms with Gasteiger partial charge in [0.05, 0.1) is 18.8 Å². The van der Waals surface area contributed by atoms with Crippen molar-refractivity contribution in [2.45, 2.75) is 57.3 Å². The van der Waals surface area contributed by atoms with Gasteiger partial charge in [-0.25, -0.2) is 0 Å². The van der Waals surface area contributed by atoms with E-state index in [1.807, 2.05) is 13.0 Å². The topological polar surface area (TPSA) is 47.6 Å². The van der Waals surface area contributed by atoms with Crippen LogP contribution in [0.5, 0.6) is 0 Å². The molecule has 0 radical (unpaired) electrons. The maximum atomic E-state index is 12.3. The van der Waals surface area contributed by atoms with E-state index in [9.17, 15) is 4.79 Å². The molecule has 1 saturated heterocycles. The lowest BCUT2D eigenvalue weighted by atomic mass is 9.87. The first-order valence-corrected chi connectivity index (χ1v) is 8.35. The minimum Gasteiger partial charge on any atom is -0.376 e. The Kier molecular flexibility index (Phi) is 5.11. The van der Waals surface area contributed by atoms with Crippen LogP contribution in [0.2, 0.25) is 0 Å². The monoisotopic (exact) mass is 303 g/mol. The summed E-state index contributed by atoms with van der Waals surface area (Å²) >= 11 is 0. The summed E-state index contributed by atoms with van der Waals surface area (Å²) in [5.74, 6) is -0.0281. The summed E-state index contributed by atoms with van der Waals surface area (Å²) in [6, 6.07) is 8.51. The molecule has 3 rings (SSSR count). The zero-order chi connectivity index (χ0) is 15.4. The molecule has 1 aromatic carbocycles. The molecule has 0 saturated carbocycles. The lowest BCUT2D eigenvalue weighted by molar-refractivity contribution is -0.134. The van der Waals surface area contributed by atoms with E-state index in [2.05, 4.69) is 23.5 Å². The van der Waals surface area contributed by atoms with Crippen LogP contribution in [0.15, 0.2) is 24.3 Å². The number of nitrogens with one attached hydrogen (secondary N) is 1. The maximum absolute atomic E-state index is 12.3. The van der Waals surface area contributed by atoms with E-state index in [4.69, 9.17) is 9.47 Å². The van der Waals surface area contributed by atoms with Crippen LogP contribution >= 0.6 is 0 Å². The number of carbonyl (C=O) groups is 1. The molecule has 22 heavy (non-hydrogen) atoms. The largest absolute Gasteiger partial charge is 0.376 e. The van der Waals surface area contributed by atoms with Gasteiger partial charge in [-0.05, 0) is 50.2 Å². The van der Waals surface area contributed by atoms with Crippen molar-refractivity contribution in [1.82, 2.24) is 5.32 Å². The van der Waals surface area contributed by atoms with Crippen LogP contribution < -0.4 is 5.32 Å². The minimum atomic E-state index is -0.432. The van der Waals surface area contributed by atoms with Crippen LogP contribution in [0, 0.1) is 0 Å². The quantitative estimate of drug-likeness (QED) is 0.910. The van der Waals surface area contributed by atoms with Gasteiger partial charge in [0.15, 0.2) is 0 Å². The molecule has 4 heteroatoms. The highest BCUT2D eigenvalue weighted by Crippen LogP contribution is 2.29. The van der Waals surface area contributed by atoms with E-state index in [-0.39, 0.29) is 18.1 Å². The van der Waals surface area contributed by atoms with E-state index >= 15 is 0 Å². The molecular weight excluding hydrogens is 278 g/mol. The highest BCUT2D eigenvalue weighted by Gasteiger charge is 2.25. The first kappa shape index (κ1) is 15.5. The standard InChI is InChI=1S/C18H25NO3/c1-13(22-12-15-8-5-11-21-15)18(20)19-17-10-4-7-14-6-2-3-9-16(14)17/h2-3,6,9,13,15,17H,4-5,7-8,10-12H2,1H3,(H,19,20)/t13-,15+,17-/m0/s1. The second kappa shape index (κ2) is 7.25. The Morgan fingerprint density at radius 2 is 2.23 bits per heavy atom. The van der Waals surface area contributed by atoms with Crippen molar-refractivity contribution in [2.24, 2.45) is 0 Å². The molecule has 1 heterocycles. The van der Waals surface area contributed by atoms with Crippen molar-refractivity contribution in [2.75, 3.05) is 13.2 Å². The Morgan fingerprint density at radius 1 is 1.36 bits per heavy atom. The number of rotatable bonds is 5. The Morgan fingerprint density at radius 3 is 3.05 bits per heavy atom. The lowest BCUT2D eigenvalue weighted by Crippen LogP contribution is -2.39. The molecule has 0 bridgehead atoms. The van der Waals surface area contributed by atoms with Crippen molar-refractivity contribution in [1.29, 1.82) is 0 Å². The number of amides is 1. The Balaban J connectivity index is 1.53. The van der Waals surface area contributed by atoms with Crippen molar-refractivity contribution >= 4 is 5.91 Å². The zero-order valence-electron chi connectivity index (χ0n) is 13.2. The predicted octanol–water partition coefficient (Wildman–Crippen LogP) is 2.76. The summed E-state index contributed by atoms with van der Waals surface area (Å²) in [6.07, 6.45) is 5.07. The van der Waals surface area contributed by atoms with E-state index in [0.717, 1.165) is 38.7 Å². The van der Waals surface area contributed by atoms with Crippen LogP contribution in [0.1, 0.15) is 49.8 Å². The normalized spacial score (nSPS) is 25.5. The highest BCUT2D eigenvalue weighted by molar-refractivity contribution is 5.80. The predicted molar refractivity (Wildman–Crippen MR) is 84.7 cm³/mol. The number of hydrogen-bond acceptors (Lipinski definition) is 3. The van der Waals surface area contributed by atoms with Gasteiger partial charge in [0, 0.05) is 6.61 Å². The summed E-state index contributed by atoms with van der Waals surface area (Å²) in [6.45, 7) is 3.14. The van der Waals surface area contributed by atoms with Gasteiger partial charge in [-0.3, -0.25) is 4.79 Å². The van der Waals surface area contributed by atoms with Gasteiger partial charge >= 0.3 is 0 Å². The zero-order valence-corrected chi connectivity index (χ0v) is 13.2. The molecule has 1 N–H and O–H groups in total. The molecule has 0 unspecified atom stereocenters. The van der Waals surface area contributed by atoms with Crippen molar-refractivity contribution in [3.63, 3.8) is 0 Å². The molecule has 1 amide bonds. The Labute approximate surface area is 132 Å². The molecule has 120 valence electrons. The SMILES string of the molecule is C[C@H](OC[C@H]1CCCO1)C(=O)N[C@H]1CCCc2ccccc21. The van der Waals surface area contributed by atoms with Gasteiger partial charge in [0.2, 0.25) is 5.91 Å². The van der Waals surface area contributed by atoms with Gasteiger partial charge in [0.25, 0.3) is 0 Å². The number of benzene rings is 1. The highest BCUT2D eigenvalue weighted by atomic mass is 16.5. The smallest absolute Gasteiger partial charge is 0.249 e. The molecule has 4 nitrogen and oxygen atoms in total.